The summed E-state index contributed by atoms with van der Waals surface area (Å²) in [5, 5.41) is 3.57. The topological polar surface area (TPSA) is 21.3 Å². The molecule has 80 valence electrons. The van der Waals surface area contributed by atoms with Gasteiger partial charge in [-0.25, -0.2) is 0 Å². The summed E-state index contributed by atoms with van der Waals surface area (Å²) in [6, 6.07) is 6.94. The highest BCUT2D eigenvalue weighted by Crippen LogP contribution is 2.37. The lowest BCUT2D eigenvalue weighted by atomic mass is 10.1. The zero-order valence-corrected chi connectivity index (χ0v) is 10.3. The van der Waals surface area contributed by atoms with Crippen molar-refractivity contribution in [2.45, 2.75) is 31.6 Å². The Balaban J connectivity index is 1.95. The minimum Gasteiger partial charge on any atom is -0.372 e. The van der Waals surface area contributed by atoms with Crippen LogP contribution in [0.4, 0.5) is 0 Å². The molecule has 15 heavy (non-hydrogen) atoms. The van der Waals surface area contributed by atoms with Crippen molar-refractivity contribution in [2.75, 3.05) is 6.54 Å². The first-order valence-corrected chi connectivity index (χ1v) is 6.20. The molecular formula is C12H14BrNO. The smallest absolute Gasteiger partial charge is 0.0814 e. The van der Waals surface area contributed by atoms with Crippen LogP contribution in [0.15, 0.2) is 22.7 Å². The van der Waals surface area contributed by atoms with Gasteiger partial charge in [0, 0.05) is 17.4 Å². The molecular weight excluding hydrogens is 254 g/mol. The van der Waals surface area contributed by atoms with E-state index < -0.39 is 0 Å². The second kappa shape index (κ2) is 3.58. The third-order valence-electron chi connectivity index (χ3n) is 3.27. The van der Waals surface area contributed by atoms with Crippen LogP contribution >= 0.6 is 15.9 Å². The van der Waals surface area contributed by atoms with E-state index in [0.717, 1.165) is 17.4 Å². The second-order valence-electron chi connectivity index (χ2n) is 4.42. The van der Waals surface area contributed by atoms with Crippen molar-refractivity contribution < 1.29 is 4.74 Å². The Morgan fingerprint density at radius 1 is 1.47 bits per heavy atom. The van der Waals surface area contributed by atoms with Gasteiger partial charge in [0.05, 0.1) is 18.2 Å². The van der Waals surface area contributed by atoms with Gasteiger partial charge in [0.1, 0.15) is 0 Å². The van der Waals surface area contributed by atoms with Crippen molar-refractivity contribution in [3.63, 3.8) is 0 Å². The first-order valence-electron chi connectivity index (χ1n) is 5.41. The van der Waals surface area contributed by atoms with Crippen LogP contribution in [0.3, 0.4) is 0 Å². The Kier molecular flexibility index (Phi) is 2.34. The SMILES string of the molecule is CC1CN[C@H]2c3ccc(Br)cc3C[C@H]2O1. The number of hydrogen-bond donors (Lipinski definition) is 1. The lowest BCUT2D eigenvalue weighted by Crippen LogP contribution is -2.44. The number of ether oxygens (including phenoxy) is 1. The van der Waals surface area contributed by atoms with Crippen LogP contribution in [-0.4, -0.2) is 18.8 Å². The number of halogens is 1. The Hall–Kier alpha value is -0.380. The second-order valence-corrected chi connectivity index (χ2v) is 5.33. The fourth-order valence-corrected chi connectivity index (χ4v) is 3.01. The predicted octanol–water partition coefficient (Wildman–Crippen LogP) is 2.42. The van der Waals surface area contributed by atoms with Gasteiger partial charge in [-0.05, 0) is 30.2 Å². The molecule has 3 rings (SSSR count). The minimum atomic E-state index is 0.332. The largest absolute Gasteiger partial charge is 0.372 e. The molecule has 0 bridgehead atoms. The van der Waals surface area contributed by atoms with Gasteiger partial charge in [-0.15, -0.1) is 0 Å². The van der Waals surface area contributed by atoms with Gasteiger partial charge in [-0.3, -0.25) is 0 Å². The summed E-state index contributed by atoms with van der Waals surface area (Å²) >= 11 is 3.51. The Labute approximate surface area is 98.1 Å². The van der Waals surface area contributed by atoms with E-state index in [4.69, 9.17) is 4.74 Å². The normalized spacial score (nSPS) is 33.6. The molecule has 1 aromatic rings. The molecule has 0 amide bonds. The zero-order valence-electron chi connectivity index (χ0n) is 8.66. The van der Waals surface area contributed by atoms with Crippen LogP contribution in [0.5, 0.6) is 0 Å². The number of hydrogen-bond acceptors (Lipinski definition) is 2. The summed E-state index contributed by atoms with van der Waals surface area (Å²) in [4.78, 5) is 0. The van der Waals surface area contributed by atoms with Gasteiger partial charge in [0.15, 0.2) is 0 Å². The number of rotatable bonds is 0. The van der Waals surface area contributed by atoms with Crippen molar-refractivity contribution in [3.8, 4) is 0 Å². The van der Waals surface area contributed by atoms with Crippen molar-refractivity contribution in [1.29, 1.82) is 0 Å². The molecule has 1 aliphatic heterocycles. The number of morpholine rings is 1. The summed E-state index contributed by atoms with van der Waals surface area (Å²) in [5.74, 6) is 0. The Bertz CT molecular complexity index is 393. The molecule has 1 aromatic carbocycles. The van der Waals surface area contributed by atoms with E-state index in [1.54, 1.807) is 0 Å². The van der Waals surface area contributed by atoms with Crippen LogP contribution in [0.25, 0.3) is 0 Å². The third-order valence-corrected chi connectivity index (χ3v) is 3.76. The van der Waals surface area contributed by atoms with Crippen LogP contribution < -0.4 is 5.32 Å². The molecule has 1 unspecified atom stereocenters. The van der Waals surface area contributed by atoms with Gasteiger partial charge < -0.3 is 10.1 Å². The molecule has 1 heterocycles. The zero-order chi connectivity index (χ0) is 10.4. The first kappa shape index (κ1) is 9.82. The highest BCUT2D eigenvalue weighted by Gasteiger charge is 2.36. The van der Waals surface area contributed by atoms with Crippen molar-refractivity contribution in [2.24, 2.45) is 0 Å². The van der Waals surface area contributed by atoms with E-state index in [1.165, 1.54) is 11.1 Å². The van der Waals surface area contributed by atoms with E-state index in [-0.39, 0.29) is 0 Å². The monoisotopic (exact) mass is 267 g/mol. The summed E-state index contributed by atoms with van der Waals surface area (Å²) in [6.45, 7) is 3.08. The summed E-state index contributed by atoms with van der Waals surface area (Å²) in [5.41, 5.74) is 2.83. The highest BCUT2D eigenvalue weighted by molar-refractivity contribution is 9.10. The fraction of sp³-hybridized carbons (Fsp3) is 0.500. The van der Waals surface area contributed by atoms with Crippen LogP contribution in [0.1, 0.15) is 24.1 Å². The molecule has 1 saturated heterocycles. The van der Waals surface area contributed by atoms with Gasteiger partial charge >= 0.3 is 0 Å². The number of fused-ring (bicyclic) bond motifs is 3. The van der Waals surface area contributed by atoms with Crippen LogP contribution in [0.2, 0.25) is 0 Å². The maximum absolute atomic E-state index is 5.95. The van der Waals surface area contributed by atoms with E-state index in [0.29, 0.717) is 18.2 Å². The van der Waals surface area contributed by atoms with Gasteiger partial charge in [-0.1, -0.05) is 22.0 Å². The average Bonchev–Trinajstić information content (AvgIpc) is 2.53. The lowest BCUT2D eigenvalue weighted by molar-refractivity contribution is -0.0468. The standard InChI is InChI=1S/C12H14BrNO/c1-7-6-14-12-10-3-2-9(13)4-8(10)5-11(12)15-7/h2-4,7,11-12,14H,5-6H2,1H3/t7?,11-,12+/m1/s1. The molecule has 0 aromatic heterocycles. The third kappa shape index (κ3) is 1.63. The molecule has 1 fully saturated rings. The lowest BCUT2D eigenvalue weighted by Gasteiger charge is -2.32. The van der Waals surface area contributed by atoms with Crippen LogP contribution in [0, 0.1) is 0 Å². The van der Waals surface area contributed by atoms with Crippen molar-refractivity contribution in [1.82, 2.24) is 5.32 Å². The van der Waals surface area contributed by atoms with Crippen molar-refractivity contribution in [3.05, 3.63) is 33.8 Å². The maximum Gasteiger partial charge on any atom is 0.0814 e. The summed E-state index contributed by atoms with van der Waals surface area (Å²) in [6.07, 6.45) is 1.71. The quantitative estimate of drug-likeness (QED) is 0.780. The molecule has 1 N–H and O–H groups in total. The Morgan fingerprint density at radius 3 is 3.20 bits per heavy atom. The molecule has 2 nitrogen and oxygen atoms in total. The van der Waals surface area contributed by atoms with E-state index in [2.05, 4.69) is 46.4 Å². The fourth-order valence-electron chi connectivity index (χ4n) is 2.60. The highest BCUT2D eigenvalue weighted by atomic mass is 79.9. The van der Waals surface area contributed by atoms with Gasteiger partial charge in [0.25, 0.3) is 0 Å². The van der Waals surface area contributed by atoms with E-state index in [1.807, 2.05) is 0 Å². The summed E-state index contributed by atoms with van der Waals surface area (Å²) in [7, 11) is 0. The molecule has 1 aliphatic carbocycles. The molecule has 0 spiro atoms. The first-order chi connectivity index (χ1) is 7.24. The minimum absolute atomic E-state index is 0.332. The van der Waals surface area contributed by atoms with Crippen molar-refractivity contribution >= 4 is 15.9 Å². The maximum atomic E-state index is 5.95. The predicted molar refractivity (Wildman–Crippen MR) is 62.9 cm³/mol. The number of nitrogens with one attached hydrogen (secondary N) is 1. The molecule has 2 aliphatic rings. The average molecular weight is 268 g/mol. The van der Waals surface area contributed by atoms with E-state index >= 15 is 0 Å². The molecule has 0 radical (unpaired) electrons. The van der Waals surface area contributed by atoms with Crippen LogP contribution in [-0.2, 0) is 11.2 Å². The molecule has 3 heteroatoms. The molecule has 3 atom stereocenters. The number of benzene rings is 1. The Morgan fingerprint density at radius 2 is 2.33 bits per heavy atom. The van der Waals surface area contributed by atoms with E-state index in [9.17, 15) is 0 Å². The van der Waals surface area contributed by atoms with Gasteiger partial charge in [0.2, 0.25) is 0 Å². The molecule has 0 saturated carbocycles. The summed E-state index contributed by atoms with van der Waals surface area (Å²) < 4.78 is 7.11. The van der Waals surface area contributed by atoms with Gasteiger partial charge in [-0.2, -0.15) is 0 Å².